The van der Waals surface area contributed by atoms with Crippen molar-refractivity contribution in [1.29, 1.82) is 5.26 Å². The number of carbonyl (C=O) groups is 1. The third kappa shape index (κ3) is 3.44. The van der Waals surface area contributed by atoms with E-state index >= 15 is 0 Å². The predicted molar refractivity (Wildman–Crippen MR) is 67.3 cm³/mol. The second-order valence-electron chi connectivity index (χ2n) is 4.67. The fraction of sp³-hybridized carbons (Fsp3) is 0.846. The number of hydrogen-bond acceptors (Lipinski definition) is 3. The molecule has 1 amide bonds. The van der Waals surface area contributed by atoms with Crippen molar-refractivity contribution in [1.82, 2.24) is 10.2 Å². The van der Waals surface area contributed by atoms with Gasteiger partial charge in [-0.1, -0.05) is 6.42 Å². The van der Waals surface area contributed by atoms with Crippen LogP contribution in [0.5, 0.6) is 0 Å². The van der Waals surface area contributed by atoms with Crippen LogP contribution < -0.4 is 5.32 Å². The third-order valence-corrected chi connectivity index (χ3v) is 3.59. The standard InChI is InChI=1S/C13H23N3O/c1-4-16(5-2)13(17)10(3)15-12-8-6-7-11(12)9-14/h10-12,15H,4-8H2,1-3H3. The largest absolute Gasteiger partial charge is 0.342 e. The summed E-state index contributed by atoms with van der Waals surface area (Å²) in [5, 5.41) is 12.3. The van der Waals surface area contributed by atoms with Gasteiger partial charge >= 0.3 is 0 Å². The Morgan fingerprint density at radius 1 is 1.47 bits per heavy atom. The minimum Gasteiger partial charge on any atom is -0.342 e. The molecule has 1 saturated carbocycles. The van der Waals surface area contributed by atoms with Gasteiger partial charge in [0.1, 0.15) is 0 Å². The van der Waals surface area contributed by atoms with Gasteiger partial charge < -0.3 is 10.2 Å². The molecule has 0 heterocycles. The van der Waals surface area contributed by atoms with E-state index in [-0.39, 0.29) is 23.9 Å². The van der Waals surface area contributed by atoms with Crippen LogP contribution in [0.25, 0.3) is 0 Å². The molecule has 0 aromatic carbocycles. The van der Waals surface area contributed by atoms with Crippen molar-refractivity contribution in [3.63, 3.8) is 0 Å². The molecule has 0 aromatic rings. The van der Waals surface area contributed by atoms with E-state index in [1.807, 2.05) is 25.7 Å². The highest BCUT2D eigenvalue weighted by molar-refractivity contribution is 5.81. The number of nitrogens with zero attached hydrogens (tertiary/aromatic N) is 2. The Bertz CT molecular complexity index is 294. The Hall–Kier alpha value is -1.08. The van der Waals surface area contributed by atoms with Gasteiger partial charge in [0, 0.05) is 19.1 Å². The van der Waals surface area contributed by atoms with Crippen LogP contribution in [0, 0.1) is 17.2 Å². The van der Waals surface area contributed by atoms with Gasteiger partial charge in [-0.25, -0.2) is 0 Å². The molecule has 0 saturated heterocycles. The second kappa shape index (κ2) is 6.61. The van der Waals surface area contributed by atoms with E-state index in [9.17, 15) is 4.79 Å². The van der Waals surface area contributed by atoms with E-state index in [1.54, 1.807) is 0 Å². The lowest BCUT2D eigenvalue weighted by Crippen LogP contribution is -2.49. The van der Waals surface area contributed by atoms with Crippen molar-refractivity contribution < 1.29 is 4.79 Å². The minimum absolute atomic E-state index is 0.0713. The SMILES string of the molecule is CCN(CC)C(=O)C(C)NC1CCCC1C#N. The van der Waals surface area contributed by atoms with Gasteiger partial charge in [-0.15, -0.1) is 0 Å². The molecule has 0 bridgehead atoms. The molecular formula is C13H23N3O. The van der Waals surface area contributed by atoms with Crippen molar-refractivity contribution in [2.24, 2.45) is 5.92 Å². The van der Waals surface area contributed by atoms with E-state index in [2.05, 4.69) is 11.4 Å². The van der Waals surface area contributed by atoms with Crippen LogP contribution in [0.4, 0.5) is 0 Å². The van der Waals surface area contributed by atoms with E-state index in [0.717, 1.165) is 32.4 Å². The first-order chi connectivity index (χ1) is 8.13. The van der Waals surface area contributed by atoms with Crippen molar-refractivity contribution >= 4 is 5.91 Å². The summed E-state index contributed by atoms with van der Waals surface area (Å²) >= 11 is 0. The van der Waals surface area contributed by atoms with Gasteiger partial charge in [0.15, 0.2) is 0 Å². The first-order valence-corrected chi connectivity index (χ1v) is 6.58. The molecule has 17 heavy (non-hydrogen) atoms. The topological polar surface area (TPSA) is 56.1 Å². The molecule has 1 aliphatic rings. The number of amides is 1. The first-order valence-electron chi connectivity index (χ1n) is 6.58. The quantitative estimate of drug-likeness (QED) is 0.789. The van der Waals surface area contributed by atoms with Crippen LogP contribution >= 0.6 is 0 Å². The molecule has 3 atom stereocenters. The Morgan fingerprint density at radius 2 is 2.12 bits per heavy atom. The van der Waals surface area contributed by atoms with Gasteiger partial charge in [0.25, 0.3) is 0 Å². The smallest absolute Gasteiger partial charge is 0.239 e. The van der Waals surface area contributed by atoms with E-state index in [4.69, 9.17) is 5.26 Å². The maximum atomic E-state index is 12.1. The van der Waals surface area contributed by atoms with Crippen molar-refractivity contribution in [2.75, 3.05) is 13.1 Å². The number of likely N-dealkylation sites (N-methyl/N-ethyl adjacent to an activating group) is 1. The predicted octanol–water partition coefficient (Wildman–Crippen LogP) is 1.53. The van der Waals surface area contributed by atoms with Gasteiger partial charge in [0.05, 0.1) is 18.0 Å². The van der Waals surface area contributed by atoms with Crippen LogP contribution in [-0.4, -0.2) is 36.0 Å². The fourth-order valence-electron chi connectivity index (χ4n) is 2.52. The molecule has 1 fully saturated rings. The summed E-state index contributed by atoms with van der Waals surface area (Å²) in [5.41, 5.74) is 0. The van der Waals surface area contributed by atoms with Gasteiger partial charge in [-0.05, 0) is 33.6 Å². The lowest BCUT2D eigenvalue weighted by atomic mass is 10.0. The number of nitrogens with one attached hydrogen (secondary N) is 1. The highest BCUT2D eigenvalue weighted by Gasteiger charge is 2.30. The van der Waals surface area contributed by atoms with Crippen LogP contribution in [0.15, 0.2) is 0 Å². The zero-order valence-electron chi connectivity index (χ0n) is 11.1. The molecule has 1 rings (SSSR count). The van der Waals surface area contributed by atoms with Crippen LogP contribution in [0.2, 0.25) is 0 Å². The van der Waals surface area contributed by atoms with Crippen LogP contribution in [0.1, 0.15) is 40.0 Å². The first kappa shape index (κ1) is 14.0. The highest BCUT2D eigenvalue weighted by Crippen LogP contribution is 2.25. The Morgan fingerprint density at radius 3 is 2.65 bits per heavy atom. The highest BCUT2D eigenvalue weighted by atomic mass is 16.2. The molecule has 0 aromatic heterocycles. The van der Waals surface area contributed by atoms with Crippen molar-refractivity contribution in [3.05, 3.63) is 0 Å². The van der Waals surface area contributed by atoms with Gasteiger partial charge in [-0.3, -0.25) is 4.79 Å². The van der Waals surface area contributed by atoms with E-state index < -0.39 is 0 Å². The van der Waals surface area contributed by atoms with Gasteiger partial charge in [0.2, 0.25) is 5.91 Å². The molecule has 0 spiro atoms. The maximum absolute atomic E-state index is 12.1. The molecule has 1 aliphatic carbocycles. The summed E-state index contributed by atoms with van der Waals surface area (Å²) in [6.07, 6.45) is 3.05. The molecule has 96 valence electrons. The molecule has 0 radical (unpaired) electrons. The molecular weight excluding hydrogens is 214 g/mol. The molecule has 4 heteroatoms. The monoisotopic (exact) mass is 237 g/mol. The summed E-state index contributed by atoms with van der Waals surface area (Å²) in [6.45, 7) is 7.36. The van der Waals surface area contributed by atoms with Crippen LogP contribution in [-0.2, 0) is 4.79 Å². The summed E-state index contributed by atoms with van der Waals surface area (Å²) in [6, 6.07) is 2.33. The van der Waals surface area contributed by atoms with E-state index in [0.29, 0.717) is 0 Å². The number of rotatable bonds is 5. The number of nitriles is 1. The molecule has 0 aliphatic heterocycles. The maximum Gasteiger partial charge on any atom is 0.239 e. The second-order valence-corrected chi connectivity index (χ2v) is 4.67. The van der Waals surface area contributed by atoms with E-state index in [1.165, 1.54) is 0 Å². The average Bonchev–Trinajstić information content (AvgIpc) is 2.77. The van der Waals surface area contributed by atoms with Crippen molar-refractivity contribution in [2.45, 2.75) is 52.1 Å². The summed E-state index contributed by atoms with van der Waals surface area (Å²) in [7, 11) is 0. The Balaban J connectivity index is 2.51. The average molecular weight is 237 g/mol. The lowest BCUT2D eigenvalue weighted by molar-refractivity contribution is -0.132. The molecule has 4 nitrogen and oxygen atoms in total. The Labute approximate surface area is 104 Å². The zero-order chi connectivity index (χ0) is 12.8. The normalized spacial score (nSPS) is 25.3. The zero-order valence-corrected chi connectivity index (χ0v) is 11.1. The lowest BCUT2D eigenvalue weighted by Gasteiger charge is -2.26. The third-order valence-electron chi connectivity index (χ3n) is 3.59. The molecule has 1 N–H and O–H groups in total. The number of carbonyl (C=O) groups excluding carboxylic acids is 1. The summed E-state index contributed by atoms with van der Waals surface area (Å²) in [4.78, 5) is 13.9. The number of hydrogen-bond donors (Lipinski definition) is 1. The Kier molecular flexibility index (Phi) is 5.43. The van der Waals surface area contributed by atoms with Crippen LogP contribution in [0.3, 0.4) is 0 Å². The molecule has 3 unspecified atom stereocenters. The fourth-order valence-corrected chi connectivity index (χ4v) is 2.52. The summed E-state index contributed by atoms with van der Waals surface area (Å²) in [5.74, 6) is 0.209. The minimum atomic E-state index is -0.186. The summed E-state index contributed by atoms with van der Waals surface area (Å²) < 4.78 is 0. The van der Waals surface area contributed by atoms with Crippen molar-refractivity contribution in [3.8, 4) is 6.07 Å². The van der Waals surface area contributed by atoms with Gasteiger partial charge in [-0.2, -0.15) is 5.26 Å².